The molecule has 2 aromatic heterocycles. The molecule has 0 saturated heterocycles. The largest absolute Gasteiger partial charge is 0.452 e. The van der Waals surface area contributed by atoms with Gasteiger partial charge in [0, 0.05) is 17.5 Å². The maximum absolute atomic E-state index is 12.8. The molecule has 0 spiro atoms. The quantitative estimate of drug-likeness (QED) is 0.679. The van der Waals surface area contributed by atoms with Gasteiger partial charge in [-0.2, -0.15) is 0 Å². The highest BCUT2D eigenvalue weighted by Crippen LogP contribution is 2.29. The second kappa shape index (κ2) is 6.63. The van der Waals surface area contributed by atoms with Crippen molar-refractivity contribution >= 4 is 16.9 Å². The molecule has 2 heterocycles. The summed E-state index contributed by atoms with van der Waals surface area (Å²) in [7, 11) is 0. The van der Waals surface area contributed by atoms with Gasteiger partial charge in [0.05, 0.1) is 11.1 Å². The first-order chi connectivity index (χ1) is 12.3. The van der Waals surface area contributed by atoms with E-state index in [0.29, 0.717) is 23.8 Å². The van der Waals surface area contributed by atoms with Crippen LogP contribution in [0, 0.1) is 0 Å². The Kier molecular flexibility index (Phi) is 4.17. The summed E-state index contributed by atoms with van der Waals surface area (Å²) >= 11 is 0. The third-order valence-corrected chi connectivity index (χ3v) is 4.51. The topological polar surface area (TPSA) is 78.1 Å². The van der Waals surface area contributed by atoms with Crippen LogP contribution in [0.5, 0.6) is 0 Å². The average molecular weight is 337 g/mol. The number of rotatable bonds is 4. The van der Waals surface area contributed by atoms with Gasteiger partial charge in [-0.05, 0) is 37.3 Å². The molecule has 0 radical (unpaired) electrons. The van der Waals surface area contributed by atoms with E-state index in [1.807, 2.05) is 31.2 Å². The fourth-order valence-corrected chi connectivity index (χ4v) is 3.29. The molecule has 1 aliphatic rings. The van der Waals surface area contributed by atoms with Crippen LogP contribution in [-0.2, 0) is 30.6 Å². The Bertz CT molecular complexity index is 933. The monoisotopic (exact) mass is 337 g/mol. The number of hydrogen-bond donors (Lipinski definition) is 0. The number of aryl methyl sites for hydroxylation is 2. The van der Waals surface area contributed by atoms with Crippen LogP contribution in [0.25, 0.3) is 10.9 Å². The Morgan fingerprint density at radius 1 is 1.16 bits per heavy atom. The van der Waals surface area contributed by atoms with Crippen molar-refractivity contribution < 1.29 is 13.9 Å². The molecule has 1 aromatic carbocycles. The smallest absolute Gasteiger partial charge is 0.339 e. The Hall–Kier alpha value is -2.76. The summed E-state index contributed by atoms with van der Waals surface area (Å²) in [5.41, 5.74) is 3.51. The lowest BCUT2D eigenvalue weighted by molar-refractivity contribution is 0.0437. The summed E-state index contributed by atoms with van der Waals surface area (Å²) in [4.78, 5) is 17.6. The molecule has 25 heavy (non-hydrogen) atoms. The van der Waals surface area contributed by atoms with Crippen LogP contribution in [0.4, 0.5) is 0 Å². The minimum absolute atomic E-state index is 0.0166. The fraction of sp³-hybridized carbons (Fsp3) is 0.368. The predicted molar refractivity (Wildman–Crippen MR) is 91.2 cm³/mol. The summed E-state index contributed by atoms with van der Waals surface area (Å²) in [6, 6.07) is 7.72. The van der Waals surface area contributed by atoms with Crippen molar-refractivity contribution in [3.63, 3.8) is 0 Å². The van der Waals surface area contributed by atoms with Crippen LogP contribution >= 0.6 is 0 Å². The minimum atomic E-state index is -0.354. The fourth-order valence-electron chi connectivity index (χ4n) is 3.29. The summed E-state index contributed by atoms with van der Waals surface area (Å²) in [6.07, 6.45) is 4.59. The van der Waals surface area contributed by atoms with Gasteiger partial charge in [-0.3, -0.25) is 4.98 Å². The highest BCUT2D eigenvalue weighted by molar-refractivity contribution is 6.05. The van der Waals surface area contributed by atoms with Crippen molar-refractivity contribution in [3.05, 3.63) is 52.9 Å². The van der Waals surface area contributed by atoms with E-state index in [-0.39, 0.29) is 12.6 Å². The van der Waals surface area contributed by atoms with Crippen molar-refractivity contribution in [1.29, 1.82) is 0 Å². The minimum Gasteiger partial charge on any atom is -0.452 e. The van der Waals surface area contributed by atoms with E-state index in [0.717, 1.165) is 47.8 Å². The molecule has 0 bridgehead atoms. The molecule has 0 amide bonds. The summed E-state index contributed by atoms with van der Waals surface area (Å²) in [6.45, 7) is 1.91. The maximum Gasteiger partial charge on any atom is 0.339 e. The van der Waals surface area contributed by atoms with Gasteiger partial charge >= 0.3 is 5.97 Å². The van der Waals surface area contributed by atoms with E-state index in [4.69, 9.17) is 14.1 Å². The number of nitrogens with zero attached hydrogens (tertiary/aromatic N) is 3. The standard InChI is InChI=1S/C19H19N3O3/c1-2-16-21-22-17(25-16)11-24-19(23)18-12-7-3-5-9-14(12)20-15-10-6-4-8-13(15)18/h3,5,7,9H,2,4,6,8,10-11H2,1H3. The van der Waals surface area contributed by atoms with Gasteiger partial charge in [-0.25, -0.2) is 4.79 Å². The highest BCUT2D eigenvalue weighted by Gasteiger charge is 2.24. The van der Waals surface area contributed by atoms with E-state index in [9.17, 15) is 4.79 Å². The van der Waals surface area contributed by atoms with Crippen molar-refractivity contribution in [2.45, 2.75) is 45.6 Å². The molecule has 1 aliphatic carbocycles. The van der Waals surface area contributed by atoms with E-state index in [2.05, 4.69) is 10.2 Å². The Morgan fingerprint density at radius 3 is 2.80 bits per heavy atom. The van der Waals surface area contributed by atoms with Crippen molar-refractivity contribution in [2.24, 2.45) is 0 Å². The molecule has 0 N–H and O–H groups in total. The number of carbonyl (C=O) groups is 1. The molecule has 3 aromatic rings. The molecule has 0 atom stereocenters. The molecule has 0 fully saturated rings. The molecule has 128 valence electrons. The van der Waals surface area contributed by atoms with E-state index in [1.54, 1.807) is 0 Å². The second-order valence-corrected chi connectivity index (χ2v) is 6.16. The lowest BCUT2D eigenvalue weighted by Gasteiger charge is -2.19. The normalized spacial score (nSPS) is 13.6. The number of carbonyl (C=O) groups excluding carboxylic acids is 1. The number of fused-ring (bicyclic) bond motifs is 2. The van der Waals surface area contributed by atoms with Gasteiger partial charge in [-0.1, -0.05) is 25.1 Å². The maximum atomic E-state index is 12.8. The van der Waals surface area contributed by atoms with Crippen LogP contribution in [0.2, 0.25) is 0 Å². The van der Waals surface area contributed by atoms with Gasteiger partial charge in [0.25, 0.3) is 5.89 Å². The van der Waals surface area contributed by atoms with Crippen LogP contribution in [0.3, 0.4) is 0 Å². The Labute approximate surface area is 145 Å². The van der Waals surface area contributed by atoms with E-state index >= 15 is 0 Å². The van der Waals surface area contributed by atoms with Gasteiger partial charge in [-0.15, -0.1) is 10.2 Å². The third kappa shape index (κ3) is 2.99. The molecule has 0 aliphatic heterocycles. The van der Waals surface area contributed by atoms with Crippen molar-refractivity contribution in [2.75, 3.05) is 0 Å². The number of benzene rings is 1. The first kappa shape index (κ1) is 15.7. The zero-order valence-electron chi connectivity index (χ0n) is 14.1. The molecule has 4 rings (SSSR count). The first-order valence-corrected chi connectivity index (χ1v) is 8.65. The number of para-hydroxylation sites is 1. The van der Waals surface area contributed by atoms with Gasteiger partial charge in [0.15, 0.2) is 6.61 Å². The number of pyridine rings is 1. The van der Waals surface area contributed by atoms with Crippen LogP contribution in [0.15, 0.2) is 28.7 Å². The predicted octanol–water partition coefficient (Wildman–Crippen LogP) is 3.42. The highest BCUT2D eigenvalue weighted by atomic mass is 16.5. The lowest BCUT2D eigenvalue weighted by atomic mass is 9.90. The lowest BCUT2D eigenvalue weighted by Crippen LogP contribution is -2.15. The second-order valence-electron chi connectivity index (χ2n) is 6.16. The average Bonchev–Trinajstić information content (AvgIpc) is 3.12. The van der Waals surface area contributed by atoms with Crippen LogP contribution in [-0.4, -0.2) is 21.2 Å². The zero-order chi connectivity index (χ0) is 17.2. The Morgan fingerprint density at radius 2 is 1.96 bits per heavy atom. The van der Waals surface area contributed by atoms with Crippen LogP contribution in [0.1, 0.15) is 53.2 Å². The number of hydrogen-bond acceptors (Lipinski definition) is 6. The SMILES string of the molecule is CCc1nnc(COC(=O)c2c3c(nc4ccccc24)CCCC3)o1. The Balaban J connectivity index is 1.68. The van der Waals surface area contributed by atoms with E-state index in [1.165, 1.54) is 0 Å². The molecule has 0 saturated carbocycles. The third-order valence-electron chi connectivity index (χ3n) is 4.51. The summed E-state index contributed by atoms with van der Waals surface area (Å²) < 4.78 is 10.9. The number of esters is 1. The van der Waals surface area contributed by atoms with Gasteiger partial charge < -0.3 is 9.15 Å². The molecule has 6 heteroatoms. The molecular weight excluding hydrogens is 318 g/mol. The van der Waals surface area contributed by atoms with E-state index < -0.39 is 0 Å². The molecular formula is C19H19N3O3. The molecule has 6 nitrogen and oxygen atoms in total. The van der Waals surface area contributed by atoms with Gasteiger partial charge in [0.1, 0.15) is 0 Å². The van der Waals surface area contributed by atoms with Gasteiger partial charge in [0.2, 0.25) is 5.89 Å². The summed E-state index contributed by atoms with van der Waals surface area (Å²) in [5, 5.41) is 8.62. The van der Waals surface area contributed by atoms with Crippen LogP contribution < -0.4 is 0 Å². The zero-order valence-corrected chi connectivity index (χ0v) is 14.1. The summed E-state index contributed by atoms with van der Waals surface area (Å²) in [5.74, 6) is 0.503. The molecule has 0 unspecified atom stereocenters. The van der Waals surface area contributed by atoms with Crippen molar-refractivity contribution in [3.8, 4) is 0 Å². The number of ether oxygens (including phenoxy) is 1. The first-order valence-electron chi connectivity index (χ1n) is 8.65. The number of aromatic nitrogens is 3. The van der Waals surface area contributed by atoms with Crippen molar-refractivity contribution in [1.82, 2.24) is 15.2 Å².